The Morgan fingerprint density at radius 3 is 1.88 bits per heavy atom. The number of aliphatic carboxylic acids is 1. The van der Waals surface area contributed by atoms with Crippen LogP contribution in [-0.4, -0.2) is 27.4 Å². The van der Waals surface area contributed by atoms with Gasteiger partial charge in [0.05, 0.1) is 11.2 Å². The van der Waals surface area contributed by atoms with Crippen LogP contribution in [0.1, 0.15) is 53.9 Å². The minimum atomic E-state index is -0.866. The Bertz CT molecular complexity index is 275. The molecule has 0 atom stereocenters. The summed E-state index contributed by atoms with van der Waals surface area (Å²) in [6.45, 7) is 9.82. The zero-order chi connectivity index (χ0) is 13.7. The molecule has 1 N–H and O–H groups in total. The van der Waals surface area contributed by atoms with Gasteiger partial charge in [-0.15, -0.1) is 11.8 Å². The van der Waals surface area contributed by atoms with Gasteiger partial charge in [0, 0.05) is 11.2 Å². The minimum absolute atomic E-state index is 0.0380. The van der Waals surface area contributed by atoms with Gasteiger partial charge < -0.3 is 5.11 Å². The van der Waals surface area contributed by atoms with E-state index in [1.54, 1.807) is 11.8 Å². The molecule has 0 spiro atoms. The van der Waals surface area contributed by atoms with Crippen LogP contribution in [0.3, 0.4) is 0 Å². The standard InChI is InChI=1S/C13H24O3S/c1-6-13(7-2,11(15)16)8-10(14)9-17-12(3,4)5/h6-9H2,1-5H3,(H,15,16). The van der Waals surface area contributed by atoms with Crippen molar-refractivity contribution in [3.63, 3.8) is 0 Å². The smallest absolute Gasteiger partial charge is 0.310 e. The second-order valence-corrected chi connectivity index (χ2v) is 7.21. The highest BCUT2D eigenvalue weighted by Gasteiger charge is 2.37. The highest BCUT2D eigenvalue weighted by molar-refractivity contribution is 8.01. The van der Waals surface area contributed by atoms with Gasteiger partial charge in [-0.3, -0.25) is 9.59 Å². The molecule has 0 amide bonds. The van der Waals surface area contributed by atoms with Crippen molar-refractivity contribution in [1.29, 1.82) is 0 Å². The van der Waals surface area contributed by atoms with Gasteiger partial charge in [-0.2, -0.15) is 0 Å². The van der Waals surface area contributed by atoms with Gasteiger partial charge in [0.15, 0.2) is 0 Å². The first-order valence-corrected chi connectivity index (χ1v) is 7.04. The lowest BCUT2D eigenvalue weighted by Crippen LogP contribution is -2.33. The zero-order valence-electron chi connectivity index (χ0n) is 11.5. The van der Waals surface area contributed by atoms with E-state index in [1.807, 2.05) is 13.8 Å². The molecule has 0 fully saturated rings. The highest BCUT2D eigenvalue weighted by atomic mass is 32.2. The predicted octanol–water partition coefficient (Wildman–Crippen LogP) is 3.37. The molecule has 0 unspecified atom stereocenters. The molecule has 0 rings (SSSR count). The van der Waals surface area contributed by atoms with Crippen LogP contribution in [-0.2, 0) is 9.59 Å². The molecule has 0 aromatic heterocycles. The number of carbonyl (C=O) groups is 2. The fraction of sp³-hybridized carbons (Fsp3) is 0.846. The van der Waals surface area contributed by atoms with E-state index >= 15 is 0 Å². The second kappa shape index (κ2) is 6.43. The van der Waals surface area contributed by atoms with E-state index in [0.717, 1.165) is 0 Å². The van der Waals surface area contributed by atoms with Crippen molar-refractivity contribution in [3.8, 4) is 0 Å². The number of hydrogen-bond acceptors (Lipinski definition) is 3. The molecular weight excluding hydrogens is 236 g/mol. The molecule has 0 saturated carbocycles. The van der Waals surface area contributed by atoms with Crippen LogP contribution in [0, 0.1) is 5.41 Å². The number of ketones is 1. The molecule has 0 radical (unpaired) electrons. The topological polar surface area (TPSA) is 54.4 Å². The van der Waals surface area contributed by atoms with Crippen LogP contribution in [0.15, 0.2) is 0 Å². The Balaban J connectivity index is 4.48. The van der Waals surface area contributed by atoms with E-state index < -0.39 is 11.4 Å². The molecular formula is C13H24O3S. The number of carbonyl (C=O) groups excluding carboxylic acids is 1. The number of rotatable bonds is 7. The van der Waals surface area contributed by atoms with Gasteiger partial charge in [-0.1, -0.05) is 34.6 Å². The molecule has 0 heterocycles. The zero-order valence-corrected chi connectivity index (χ0v) is 12.3. The first-order chi connectivity index (χ1) is 7.67. The maximum absolute atomic E-state index is 11.8. The van der Waals surface area contributed by atoms with Crippen molar-refractivity contribution in [2.24, 2.45) is 5.41 Å². The van der Waals surface area contributed by atoms with Crippen molar-refractivity contribution in [3.05, 3.63) is 0 Å². The summed E-state index contributed by atoms with van der Waals surface area (Å²) in [5, 5.41) is 9.24. The van der Waals surface area contributed by atoms with Crippen molar-refractivity contribution in [1.82, 2.24) is 0 Å². The average Bonchev–Trinajstić information content (AvgIpc) is 2.22. The SMILES string of the molecule is CCC(CC)(CC(=O)CSC(C)(C)C)C(=O)O. The van der Waals surface area contributed by atoms with Crippen LogP contribution in [0.25, 0.3) is 0 Å². The molecule has 0 aliphatic carbocycles. The largest absolute Gasteiger partial charge is 0.481 e. The van der Waals surface area contributed by atoms with Crippen LogP contribution in [0.4, 0.5) is 0 Å². The normalized spacial score (nSPS) is 12.5. The monoisotopic (exact) mass is 260 g/mol. The molecule has 0 aliphatic rings. The first-order valence-electron chi connectivity index (χ1n) is 6.06. The summed E-state index contributed by atoms with van der Waals surface area (Å²) in [7, 11) is 0. The van der Waals surface area contributed by atoms with Crippen LogP contribution in [0.2, 0.25) is 0 Å². The maximum Gasteiger partial charge on any atom is 0.310 e. The molecule has 3 nitrogen and oxygen atoms in total. The summed E-state index contributed by atoms with van der Waals surface area (Å²) >= 11 is 1.57. The van der Waals surface area contributed by atoms with Gasteiger partial charge in [0.1, 0.15) is 5.78 Å². The molecule has 0 bridgehead atoms. The van der Waals surface area contributed by atoms with E-state index in [4.69, 9.17) is 0 Å². The van der Waals surface area contributed by atoms with E-state index in [0.29, 0.717) is 18.6 Å². The van der Waals surface area contributed by atoms with Crippen LogP contribution < -0.4 is 0 Å². The summed E-state index contributed by atoms with van der Waals surface area (Å²) in [4.78, 5) is 23.1. The molecule has 100 valence electrons. The average molecular weight is 260 g/mol. The van der Waals surface area contributed by atoms with Crippen molar-refractivity contribution >= 4 is 23.5 Å². The molecule has 0 aromatic carbocycles. The first kappa shape index (κ1) is 16.5. The number of carboxylic acids is 1. The van der Waals surface area contributed by atoms with Gasteiger partial charge in [0.25, 0.3) is 0 Å². The lowest BCUT2D eigenvalue weighted by atomic mass is 9.78. The number of Topliss-reactive ketones (excluding diaryl/α,β-unsaturated/α-hetero) is 1. The third-order valence-corrected chi connectivity index (χ3v) is 4.34. The quantitative estimate of drug-likeness (QED) is 0.762. The van der Waals surface area contributed by atoms with Gasteiger partial charge in [-0.25, -0.2) is 0 Å². The van der Waals surface area contributed by atoms with E-state index in [9.17, 15) is 14.7 Å². The van der Waals surface area contributed by atoms with Crippen molar-refractivity contribution in [2.75, 3.05) is 5.75 Å². The molecule has 4 heteroatoms. The third-order valence-electron chi connectivity index (χ3n) is 3.01. The third kappa shape index (κ3) is 5.57. The van der Waals surface area contributed by atoms with Crippen molar-refractivity contribution in [2.45, 2.75) is 58.6 Å². The lowest BCUT2D eigenvalue weighted by Gasteiger charge is -2.26. The van der Waals surface area contributed by atoms with Gasteiger partial charge in [-0.05, 0) is 12.8 Å². The Labute approximate surface area is 108 Å². The fourth-order valence-corrected chi connectivity index (χ4v) is 2.30. The van der Waals surface area contributed by atoms with E-state index in [-0.39, 0.29) is 17.0 Å². The minimum Gasteiger partial charge on any atom is -0.481 e. The summed E-state index contributed by atoms with van der Waals surface area (Å²) in [6.07, 6.45) is 1.16. The summed E-state index contributed by atoms with van der Waals surface area (Å²) in [6, 6.07) is 0. The number of carboxylic acid groups (broad SMARTS) is 1. The van der Waals surface area contributed by atoms with Gasteiger partial charge >= 0.3 is 5.97 Å². The maximum atomic E-state index is 11.8. The number of hydrogen-bond donors (Lipinski definition) is 1. The predicted molar refractivity (Wildman–Crippen MR) is 72.5 cm³/mol. The molecule has 0 saturated heterocycles. The summed E-state index contributed by atoms with van der Waals surface area (Å²) < 4.78 is 0.0416. The van der Waals surface area contributed by atoms with Crippen molar-refractivity contribution < 1.29 is 14.7 Å². The molecule has 0 aliphatic heterocycles. The second-order valence-electron chi connectivity index (χ2n) is 5.41. The Morgan fingerprint density at radius 1 is 1.12 bits per heavy atom. The summed E-state index contributed by atoms with van der Waals surface area (Å²) in [5.41, 5.74) is -0.866. The number of thioether (sulfide) groups is 1. The van der Waals surface area contributed by atoms with E-state index in [1.165, 1.54) is 0 Å². The van der Waals surface area contributed by atoms with Crippen LogP contribution in [0.5, 0.6) is 0 Å². The van der Waals surface area contributed by atoms with E-state index in [2.05, 4.69) is 20.8 Å². The molecule has 0 aromatic rings. The van der Waals surface area contributed by atoms with Crippen LogP contribution >= 0.6 is 11.8 Å². The van der Waals surface area contributed by atoms with Gasteiger partial charge in [0.2, 0.25) is 0 Å². The highest BCUT2D eigenvalue weighted by Crippen LogP contribution is 2.32. The Kier molecular flexibility index (Phi) is 6.24. The fourth-order valence-electron chi connectivity index (χ4n) is 1.60. The summed E-state index contributed by atoms with van der Waals surface area (Å²) in [5.74, 6) is -0.411. The Morgan fingerprint density at radius 2 is 1.59 bits per heavy atom. The Hall–Kier alpha value is -0.510. The lowest BCUT2D eigenvalue weighted by molar-refractivity contribution is -0.151. The molecule has 17 heavy (non-hydrogen) atoms.